The van der Waals surface area contributed by atoms with E-state index in [2.05, 4.69) is 0 Å². The predicted octanol–water partition coefficient (Wildman–Crippen LogP) is 2.48. The van der Waals surface area contributed by atoms with Crippen LogP contribution in [0, 0.1) is 12.8 Å². The molecule has 1 aliphatic carbocycles. The van der Waals surface area contributed by atoms with E-state index in [1.54, 1.807) is 24.3 Å². The normalized spacial score (nSPS) is 13.8. The average Bonchev–Trinajstić information content (AvgIpc) is 3.23. The summed E-state index contributed by atoms with van der Waals surface area (Å²) in [6.45, 7) is 2.19. The number of hydrogen-bond acceptors (Lipinski definition) is 4. The molecule has 0 unspecified atom stereocenters. The Hall–Kier alpha value is -1.97. The van der Waals surface area contributed by atoms with Crippen LogP contribution in [-0.4, -0.2) is 24.1 Å². The summed E-state index contributed by atoms with van der Waals surface area (Å²) in [4.78, 5) is 34.9. The van der Waals surface area contributed by atoms with Gasteiger partial charge in [0.2, 0.25) is 5.78 Å². The Bertz CT molecular complexity index is 512. The molecule has 0 aromatic heterocycles. The second kappa shape index (κ2) is 6.46. The molecule has 0 aliphatic heterocycles. The lowest BCUT2D eigenvalue weighted by atomic mass is 10.0. The van der Waals surface area contributed by atoms with E-state index in [0.717, 1.165) is 12.0 Å². The maximum atomic E-state index is 11.8. The number of carbonyl (C=O) groups excluding carboxylic acids is 3. The molecule has 1 fully saturated rings. The largest absolute Gasteiger partial charge is 0.460 e. The molecule has 0 saturated heterocycles. The van der Waals surface area contributed by atoms with Gasteiger partial charge in [0, 0.05) is 5.56 Å². The van der Waals surface area contributed by atoms with Gasteiger partial charge in [0.05, 0.1) is 13.0 Å². The van der Waals surface area contributed by atoms with E-state index in [-0.39, 0.29) is 12.4 Å². The number of Topliss-reactive ketones (excluding diaryl/α,β-unsaturated/α-hetero) is 2. The quantitative estimate of drug-likeness (QED) is 0.332. The first-order valence-electron chi connectivity index (χ1n) is 6.86. The fourth-order valence-electron chi connectivity index (χ4n) is 1.86. The highest BCUT2D eigenvalue weighted by molar-refractivity contribution is 6.38. The predicted molar refractivity (Wildman–Crippen MR) is 73.4 cm³/mol. The molecule has 2 rings (SSSR count). The van der Waals surface area contributed by atoms with Gasteiger partial charge in [0.1, 0.15) is 0 Å². The van der Waals surface area contributed by atoms with Crippen LogP contribution in [-0.2, 0) is 14.3 Å². The molecule has 1 saturated carbocycles. The van der Waals surface area contributed by atoms with Gasteiger partial charge in [-0.1, -0.05) is 42.7 Å². The summed E-state index contributed by atoms with van der Waals surface area (Å²) in [6.07, 6.45) is 2.74. The molecule has 1 aromatic rings. The minimum absolute atomic E-state index is 0.272. The lowest BCUT2D eigenvalue weighted by molar-refractivity contribution is -0.153. The van der Waals surface area contributed by atoms with Crippen LogP contribution < -0.4 is 0 Å². The van der Waals surface area contributed by atoms with Gasteiger partial charge in [0.25, 0.3) is 0 Å². The molecular weight excluding hydrogens is 256 g/mol. The van der Waals surface area contributed by atoms with E-state index < -0.39 is 18.2 Å². The smallest absolute Gasteiger partial charge is 0.375 e. The first-order chi connectivity index (χ1) is 9.56. The van der Waals surface area contributed by atoms with Crippen molar-refractivity contribution >= 4 is 17.5 Å². The summed E-state index contributed by atoms with van der Waals surface area (Å²) in [7, 11) is 0. The standard InChI is InChI=1S/C16H18O4/c1-11-2-6-13(7-3-11)14(17)10-15(18)16(19)20-9-8-12-4-5-12/h2-3,6-7,12H,4-5,8-10H2,1H3. The highest BCUT2D eigenvalue weighted by Crippen LogP contribution is 2.32. The fourth-order valence-corrected chi connectivity index (χ4v) is 1.86. The first kappa shape index (κ1) is 14.4. The van der Waals surface area contributed by atoms with Gasteiger partial charge in [-0.2, -0.15) is 0 Å². The molecule has 1 aromatic carbocycles. The number of carbonyl (C=O) groups is 3. The topological polar surface area (TPSA) is 60.4 Å². The maximum absolute atomic E-state index is 11.8. The monoisotopic (exact) mass is 274 g/mol. The number of rotatable bonds is 7. The Balaban J connectivity index is 1.78. The molecule has 0 bridgehead atoms. The third-order valence-electron chi connectivity index (χ3n) is 3.38. The van der Waals surface area contributed by atoms with E-state index in [0.29, 0.717) is 11.5 Å². The van der Waals surface area contributed by atoms with Crippen molar-refractivity contribution in [2.45, 2.75) is 32.6 Å². The zero-order chi connectivity index (χ0) is 14.5. The molecule has 0 atom stereocenters. The van der Waals surface area contributed by atoms with Gasteiger partial charge < -0.3 is 4.74 Å². The Labute approximate surface area is 118 Å². The van der Waals surface area contributed by atoms with Gasteiger partial charge in [-0.3, -0.25) is 9.59 Å². The summed E-state index contributed by atoms with van der Waals surface area (Å²) >= 11 is 0. The van der Waals surface area contributed by atoms with Gasteiger partial charge in [-0.15, -0.1) is 0 Å². The van der Waals surface area contributed by atoms with Gasteiger partial charge in [0.15, 0.2) is 5.78 Å². The minimum Gasteiger partial charge on any atom is -0.460 e. The summed E-state index contributed by atoms with van der Waals surface area (Å²) in [5.41, 5.74) is 1.47. The van der Waals surface area contributed by atoms with Crippen LogP contribution in [0.1, 0.15) is 41.6 Å². The number of ether oxygens (including phenoxy) is 1. The highest BCUT2D eigenvalue weighted by Gasteiger charge is 2.23. The summed E-state index contributed by atoms with van der Waals surface area (Å²) in [5.74, 6) is -1.38. The highest BCUT2D eigenvalue weighted by atomic mass is 16.5. The van der Waals surface area contributed by atoms with Crippen LogP contribution >= 0.6 is 0 Å². The van der Waals surface area contributed by atoms with E-state index in [1.807, 2.05) is 6.92 Å². The number of ketones is 2. The van der Waals surface area contributed by atoms with Gasteiger partial charge in [-0.05, 0) is 19.3 Å². The van der Waals surface area contributed by atoms with Crippen LogP contribution in [0.5, 0.6) is 0 Å². The molecule has 106 valence electrons. The van der Waals surface area contributed by atoms with E-state index in [4.69, 9.17) is 4.74 Å². The minimum atomic E-state index is -0.897. The summed E-state index contributed by atoms with van der Waals surface area (Å²) < 4.78 is 4.87. The second-order valence-corrected chi connectivity index (χ2v) is 5.26. The van der Waals surface area contributed by atoms with Crippen molar-refractivity contribution in [2.24, 2.45) is 5.92 Å². The Kier molecular flexibility index (Phi) is 4.66. The average molecular weight is 274 g/mol. The molecule has 0 spiro atoms. The van der Waals surface area contributed by atoms with Crippen LogP contribution in [0.4, 0.5) is 0 Å². The third kappa shape index (κ3) is 4.30. The number of benzene rings is 1. The van der Waals surface area contributed by atoms with E-state index in [1.165, 1.54) is 12.8 Å². The molecule has 0 heterocycles. The summed E-state index contributed by atoms with van der Waals surface area (Å²) in [5, 5.41) is 0. The molecule has 4 nitrogen and oxygen atoms in total. The number of hydrogen-bond donors (Lipinski definition) is 0. The lowest BCUT2D eigenvalue weighted by Gasteiger charge is -2.03. The Morgan fingerprint density at radius 1 is 1.15 bits per heavy atom. The molecule has 1 aliphatic rings. The fraction of sp³-hybridized carbons (Fsp3) is 0.438. The van der Waals surface area contributed by atoms with Crippen molar-refractivity contribution in [3.63, 3.8) is 0 Å². The van der Waals surface area contributed by atoms with Crippen LogP contribution in [0.2, 0.25) is 0 Å². The number of aryl methyl sites for hydroxylation is 1. The van der Waals surface area contributed by atoms with Crippen LogP contribution in [0.15, 0.2) is 24.3 Å². The van der Waals surface area contributed by atoms with Crippen molar-refractivity contribution in [2.75, 3.05) is 6.61 Å². The Morgan fingerprint density at radius 3 is 2.40 bits per heavy atom. The van der Waals surface area contributed by atoms with Crippen molar-refractivity contribution in [3.8, 4) is 0 Å². The van der Waals surface area contributed by atoms with Crippen molar-refractivity contribution in [1.29, 1.82) is 0 Å². The molecule has 0 amide bonds. The third-order valence-corrected chi connectivity index (χ3v) is 3.38. The van der Waals surface area contributed by atoms with Crippen molar-refractivity contribution in [1.82, 2.24) is 0 Å². The van der Waals surface area contributed by atoms with Crippen molar-refractivity contribution < 1.29 is 19.1 Å². The van der Waals surface area contributed by atoms with Crippen molar-refractivity contribution in [3.05, 3.63) is 35.4 Å². The maximum Gasteiger partial charge on any atom is 0.375 e. The second-order valence-electron chi connectivity index (χ2n) is 5.26. The van der Waals surface area contributed by atoms with Crippen LogP contribution in [0.25, 0.3) is 0 Å². The molecule has 0 N–H and O–H groups in total. The lowest BCUT2D eigenvalue weighted by Crippen LogP contribution is -2.21. The van der Waals surface area contributed by atoms with Crippen LogP contribution in [0.3, 0.4) is 0 Å². The first-order valence-corrected chi connectivity index (χ1v) is 6.86. The molecule has 20 heavy (non-hydrogen) atoms. The van der Waals surface area contributed by atoms with Gasteiger partial charge in [-0.25, -0.2) is 4.79 Å². The molecule has 0 radical (unpaired) electrons. The zero-order valence-corrected chi connectivity index (χ0v) is 11.6. The number of esters is 1. The van der Waals surface area contributed by atoms with Gasteiger partial charge >= 0.3 is 5.97 Å². The molecule has 4 heteroatoms. The van der Waals surface area contributed by atoms with E-state index >= 15 is 0 Å². The summed E-state index contributed by atoms with van der Waals surface area (Å²) in [6, 6.07) is 6.91. The Morgan fingerprint density at radius 2 is 1.80 bits per heavy atom. The zero-order valence-electron chi connectivity index (χ0n) is 11.6. The van der Waals surface area contributed by atoms with E-state index in [9.17, 15) is 14.4 Å². The SMILES string of the molecule is Cc1ccc(C(=O)CC(=O)C(=O)OCCC2CC2)cc1. The molecular formula is C16H18O4.